The third-order valence-electron chi connectivity index (χ3n) is 2.45. The molecule has 1 saturated carbocycles. The largest absolute Gasteiger partial charge is 0.493 e. The van der Waals surface area contributed by atoms with Crippen LogP contribution in [0, 0.1) is 0 Å². The molecule has 0 aromatic heterocycles. The molecule has 0 amide bonds. The van der Waals surface area contributed by atoms with Gasteiger partial charge in [0.1, 0.15) is 0 Å². The SMILES string of the molecule is COc1cc(C(=O)O)ccc1OC1CC1(F)F. The Labute approximate surface area is 95.8 Å². The van der Waals surface area contributed by atoms with Crippen molar-refractivity contribution in [2.75, 3.05) is 7.11 Å². The highest BCUT2D eigenvalue weighted by Crippen LogP contribution is 2.46. The summed E-state index contributed by atoms with van der Waals surface area (Å²) in [5, 5.41) is 8.76. The van der Waals surface area contributed by atoms with Crippen LogP contribution < -0.4 is 9.47 Å². The molecule has 1 aliphatic rings. The Kier molecular flexibility index (Phi) is 2.65. The van der Waals surface area contributed by atoms with Gasteiger partial charge >= 0.3 is 5.97 Å². The third-order valence-corrected chi connectivity index (χ3v) is 2.45. The lowest BCUT2D eigenvalue weighted by Gasteiger charge is -2.10. The number of hydrogen-bond acceptors (Lipinski definition) is 3. The van der Waals surface area contributed by atoms with Crippen molar-refractivity contribution in [3.8, 4) is 11.5 Å². The normalized spacial score (nSPS) is 20.8. The number of aromatic carboxylic acids is 1. The van der Waals surface area contributed by atoms with Crippen molar-refractivity contribution >= 4 is 5.97 Å². The second kappa shape index (κ2) is 3.87. The predicted octanol–water partition coefficient (Wildman–Crippen LogP) is 2.18. The molecule has 1 N–H and O–H groups in total. The fourth-order valence-electron chi connectivity index (χ4n) is 1.37. The van der Waals surface area contributed by atoms with E-state index in [1.807, 2.05) is 0 Å². The fourth-order valence-corrected chi connectivity index (χ4v) is 1.37. The average molecular weight is 244 g/mol. The van der Waals surface area contributed by atoms with Crippen LogP contribution in [0.1, 0.15) is 16.8 Å². The third kappa shape index (κ3) is 2.30. The van der Waals surface area contributed by atoms with Gasteiger partial charge in [-0.3, -0.25) is 0 Å². The summed E-state index contributed by atoms with van der Waals surface area (Å²) in [6.07, 6.45) is -1.47. The number of methoxy groups -OCH3 is 1. The first-order valence-electron chi connectivity index (χ1n) is 4.90. The van der Waals surface area contributed by atoms with Gasteiger partial charge in [0.15, 0.2) is 17.6 Å². The van der Waals surface area contributed by atoms with Crippen LogP contribution in [0.4, 0.5) is 8.78 Å². The van der Waals surface area contributed by atoms with Crippen molar-refractivity contribution in [1.29, 1.82) is 0 Å². The summed E-state index contributed by atoms with van der Waals surface area (Å²) in [6, 6.07) is 3.83. The Morgan fingerprint density at radius 3 is 2.59 bits per heavy atom. The molecule has 4 nitrogen and oxygen atoms in total. The van der Waals surface area contributed by atoms with E-state index in [1.54, 1.807) is 0 Å². The minimum Gasteiger partial charge on any atom is -0.493 e. The van der Waals surface area contributed by atoms with E-state index in [0.717, 1.165) is 0 Å². The van der Waals surface area contributed by atoms with E-state index in [0.29, 0.717) is 0 Å². The number of carboxylic acid groups (broad SMARTS) is 1. The number of benzene rings is 1. The second-order valence-corrected chi connectivity index (χ2v) is 3.74. The molecule has 0 radical (unpaired) electrons. The Hall–Kier alpha value is -1.85. The number of alkyl halides is 2. The van der Waals surface area contributed by atoms with Gasteiger partial charge in [0.25, 0.3) is 5.92 Å². The van der Waals surface area contributed by atoms with Gasteiger partial charge in [-0.05, 0) is 18.2 Å². The van der Waals surface area contributed by atoms with Gasteiger partial charge in [0.2, 0.25) is 0 Å². The lowest BCUT2D eigenvalue weighted by atomic mass is 10.2. The van der Waals surface area contributed by atoms with Gasteiger partial charge in [0, 0.05) is 0 Å². The minimum atomic E-state index is -2.80. The highest BCUT2D eigenvalue weighted by atomic mass is 19.3. The Balaban J connectivity index is 2.20. The maximum Gasteiger partial charge on any atom is 0.335 e. The zero-order valence-electron chi connectivity index (χ0n) is 8.94. The van der Waals surface area contributed by atoms with E-state index in [-0.39, 0.29) is 23.5 Å². The standard InChI is InChI=1S/C11H10F2O4/c1-16-8-4-6(10(14)15)2-3-7(8)17-9-5-11(9,12)13/h2-4,9H,5H2,1H3,(H,14,15). The highest BCUT2D eigenvalue weighted by molar-refractivity contribution is 5.88. The first-order chi connectivity index (χ1) is 7.94. The lowest BCUT2D eigenvalue weighted by molar-refractivity contribution is 0.0650. The molecular weight excluding hydrogens is 234 g/mol. The molecule has 1 fully saturated rings. The Morgan fingerprint density at radius 1 is 1.47 bits per heavy atom. The molecule has 0 aliphatic heterocycles. The quantitative estimate of drug-likeness (QED) is 0.881. The molecule has 1 atom stereocenters. The van der Waals surface area contributed by atoms with E-state index < -0.39 is 18.0 Å². The van der Waals surface area contributed by atoms with Crippen LogP contribution in [-0.2, 0) is 0 Å². The lowest BCUT2D eigenvalue weighted by Crippen LogP contribution is -2.08. The van der Waals surface area contributed by atoms with Crippen molar-refractivity contribution in [3.05, 3.63) is 23.8 Å². The van der Waals surface area contributed by atoms with Gasteiger partial charge in [-0.15, -0.1) is 0 Å². The average Bonchev–Trinajstić information content (AvgIpc) is 2.86. The molecule has 1 aromatic carbocycles. The van der Waals surface area contributed by atoms with Crippen LogP contribution >= 0.6 is 0 Å². The van der Waals surface area contributed by atoms with Crippen LogP contribution in [0.2, 0.25) is 0 Å². The molecule has 0 saturated heterocycles. The van der Waals surface area contributed by atoms with Gasteiger partial charge in [-0.25, -0.2) is 13.6 Å². The smallest absolute Gasteiger partial charge is 0.335 e. The van der Waals surface area contributed by atoms with Crippen molar-refractivity contribution < 1.29 is 28.2 Å². The van der Waals surface area contributed by atoms with Crippen LogP contribution in [-0.4, -0.2) is 30.2 Å². The summed E-state index contributed by atoms with van der Waals surface area (Å²) in [4.78, 5) is 10.7. The molecule has 17 heavy (non-hydrogen) atoms. The molecule has 1 aromatic rings. The molecule has 0 bridgehead atoms. The van der Waals surface area contributed by atoms with Crippen LogP contribution in [0.5, 0.6) is 11.5 Å². The van der Waals surface area contributed by atoms with E-state index in [2.05, 4.69) is 0 Å². The van der Waals surface area contributed by atoms with Crippen molar-refractivity contribution in [2.45, 2.75) is 18.4 Å². The first-order valence-corrected chi connectivity index (χ1v) is 4.90. The van der Waals surface area contributed by atoms with E-state index in [4.69, 9.17) is 14.6 Å². The molecule has 1 unspecified atom stereocenters. The molecular formula is C11H10F2O4. The fraction of sp³-hybridized carbons (Fsp3) is 0.364. The van der Waals surface area contributed by atoms with Gasteiger partial charge in [-0.2, -0.15) is 0 Å². The zero-order chi connectivity index (χ0) is 12.6. The summed E-state index contributed by atoms with van der Waals surface area (Å²) in [5.74, 6) is -3.66. The van der Waals surface area contributed by atoms with Gasteiger partial charge in [0.05, 0.1) is 19.1 Å². The summed E-state index contributed by atoms with van der Waals surface area (Å²) in [7, 11) is 1.32. The van der Waals surface area contributed by atoms with E-state index in [1.165, 1.54) is 25.3 Å². The van der Waals surface area contributed by atoms with Crippen LogP contribution in [0.3, 0.4) is 0 Å². The van der Waals surface area contributed by atoms with Crippen LogP contribution in [0.25, 0.3) is 0 Å². The molecule has 2 rings (SSSR count). The predicted molar refractivity (Wildman–Crippen MR) is 53.9 cm³/mol. The molecule has 0 heterocycles. The second-order valence-electron chi connectivity index (χ2n) is 3.74. The summed E-state index contributed by atoms with van der Waals surface area (Å²) >= 11 is 0. The van der Waals surface area contributed by atoms with Crippen LogP contribution in [0.15, 0.2) is 18.2 Å². The number of halogens is 2. The zero-order valence-corrected chi connectivity index (χ0v) is 8.94. The summed E-state index contributed by atoms with van der Waals surface area (Å²) in [6.45, 7) is 0. The molecule has 1 aliphatic carbocycles. The topological polar surface area (TPSA) is 55.8 Å². The summed E-state index contributed by atoms with van der Waals surface area (Å²) < 4.78 is 35.3. The summed E-state index contributed by atoms with van der Waals surface area (Å²) in [5.41, 5.74) is 0.0109. The van der Waals surface area contributed by atoms with Gasteiger partial charge < -0.3 is 14.6 Å². The number of rotatable bonds is 4. The Morgan fingerprint density at radius 2 is 2.12 bits per heavy atom. The van der Waals surface area contributed by atoms with Crippen molar-refractivity contribution in [1.82, 2.24) is 0 Å². The highest BCUT2D eigenvalue weighted by Gasteiger charge is 2.60. The maximum atomic E-state index is 12.7. The number of carbonyl (C=O) groups is 1. The molecule has 0 spiro atoms. The number of ether oxygens (including phenoxy) is 2. The van der Waals surface area contributed by atoms with Gasteiger partial charge in [-0.1, -0.05) is 0 Å². The molecule has 6 heteroatoms. The van der Waals surface area contributed by atoms with E-state index in [9.17, 15) is 13.6 Å². The minimum absolute atomic E-state index is 0.0109. The van der Waals surface area contributed by atoms with Crippen molar-refractivity contribution in [3.63, 3.8) is 0 Å². The Bertz CT molecular complexity index is 459. The first kappa shape index (κ1) is 11.6. The number of carboxylic acids is 1. The number of hydrogen-bond donors (Lipinski definition) is 1. The molecule has 92 valence electrons. The maximum absolute atomic E-state index is 12.7. The van der Waals surface area contributed by atoms with E-state index >= 15 is 0 Å². The monoisotopic (exact) mass is 244 g/mol. The van der Waals surface area contributed by atoms with Crippen molar-refractivity contribution in [2.24, 2.45) is 0 Å².